The quantitative estimate of drug-likeness (QED) is 0.698. The number of ether oxygens (including phenoxy) is 1. The third-order valence-electron chi connectivity index (χ3n) is 4.97. The van der Waals surface area contributed by atoms with Crippen LogP contribution in [0.1, 0.15) is 18.7 Å². The summed E-state index contributed by atoms with van der Waals surface area (Å²) in [6.45, 7) is 2.08. The first-order valence-electron chi connectivity index (χ1n) is 9.27. The second-order valence-electron chi connectivity index (χ2n) is 6.77. The molecular formula is C19H24N6O2. The molecule has 1 aromatic carbocycles. The first-order valence-corrected chi connectivity index (χ1v) is 9.27. The zero-order valence-electron chi connectivity index (χ0n) is 15.4. The Morgan fingerprint density at radius 1 is 1.44 bits per heavy atom. The van der Waals surface area contributed by atoms with Crippen LogP contribution in [0.25, 0.3) is 11.0 Å². The second kappa shape index (κ2) is 7.69. The van der Waals surface area contributed by atoms with E-state index in [-0.39, 0.29) is 12.1 Å². The number of urea groups is 1. The molecule has 8 heteroatoms. The average Bonchev–Trinajstić information content (AvgIpc) is 3.41. The third-order valence-corrected chi connectivity index (χ3v) is 4.97. The van der Waals surface area contributed by atoms with Gasteiger partial charge in [0, 0.05) is 38.0 Å². The van der Waals surface area contributed by atoms with Crippen LogP contribution in [0.3, 0.4) is 0 Å². The number of likely N-dealkylation sites (tertiary alicyclic amines) is 1. The Morgan fingerprint density at radius 3 is 3.19 bits per heavy atom. The van der Waals surface area contributed by atoms with E-state index in [1.165, 1.54) is 0 Å². The minimum absolute atomic E-state index is 0.0116. The molecule has 3 heterocycles. The lowest BCUT2D eigenvalue weighted by atomic mass is 10.2. The van der Waals surface area contributed by atoms with Crippen LogP contribution in [0.15, 0.2) is 36.7 Å². The Kier molecular flexibility index (Phi) is 4.95. The van der Waals surface area contributed by atoms with Gasteiger partial charge in [0.2, 0.25) is 0 Å². The van der Waals surface area contributed by atoms with Gasteiger partial charge in [-0.25, -0.2) is 9.78 Å². The Morgan fingerprint density at radius 2 is 2.37 bits per heavy atom. The number of hydrogen-bond donors (Lipinski definition) is 2. The average molecular weight is 368 g/mol. The summed E-state index contributed by atoms with van der Waals surface area (Å²) < 4.78 is 7.12. The van der Waals surface area contributed by atoms with E-state index >= 15 is 0 Å². The van der Waals surface area contributed by atoms with Crippen LogP contribution >= 0.6 is 0 Å². The number of amides is 2. The van der Waals surface area contributed by atoms with E-state index in [1.54, 1.807) is 13.3 Å². The zero-order chi connectivity index (χ0) is 18.6. The molecule has 8 nitrogen and oxygen atoms in total. The van der Waals surface area contributed by atoms with Crippen molar-refractivity contribution in [2.45, 2.75) is 31.8 Å². The topological polar surface area (TPSA) is 88.1 Å². The maximum absolute atomic E-state index is 12.6. The molecule has 142 valence electrons. The number of nitrogens with zero attached hydrogens (tertiary/aromatic N) is 4. The molecule has 1 aliphatic rings. The Balaban J connectivity index is 1.31. The van der Waals surface area contributed by atoms with Gasteiger partial charge in [0.05, 0.1) is 30.7 Å². The monoisotopic (exact) mass is 368 g/mol. The van der Waals surface area contributed by atoms with Crippen molar-refractivity contribution < 1.29 is 9.53 Å². The lowest BCUT2D eigenvalue weighted by Crippen LogP contribution is -2.45. The number of fused-ring (bicyclic) bond motifs is 1. The molecule has 1 aliphatic heterocycles. The fourth-order valence-corrected chi connectivity index (χ4v) is 3.59. The van der Waals surface area contributed by atoms with Crippen molar-refractivity contribution in [3.8, 4) is 5.75 Å². The molecule has 2 amide bonds. The van der Waals surface area contributed by atoms with Crippen molar-refractivity contribution in [1.29, 1.82) is 0 Å². The van der Waals surface area contributed by atoms with Crippen molar-refractivity contribution in [1.82, 2.24) is 30.0 Å². The van der Waals surface area contributed by atoms with Crippen molar-refractivity contribution >= 4 is 17.1 Å². The predicted octanol–water partition coefficient (Wildman–Crippen LogP) is 2.18. The summed E-state index contributed by atoms with van der Waals surface area (Å²) in [7, 11) is 1.64. The number of carbonyl (C=O) groups is 1. The van der Waals surface area contributed by atoms with Gasteiger partial charge in [-0.1, -0.05) is 0 Å². The summed E-state index contributed by atoms with van der Waals surface area (Å²) in [4.78, 5) is 22.3. The molecule has 27 heavy (non-hydrogen) atoms. The summed E-state index contributed by atoms with van der Waals surface area (Å²) in [6, 6.07) is 7.83. The van der Waals surface area contributed by atoms with Crippen LogP contribution in [-0.4, -0.2) is 56.9 Å². The number of nitrogens with one attached hydrogen (secondary N) is 2. The number of aromatic amines is 1. The highest BCUT2D eigenvalue weighted by molar-refractivity contribution is 5.77. The molecule has 0 bridgehead atoms. The van der Waals surface area contributed by atoms with Gasteiger partial charge >= 0.3 is 6.03 Å². The van der Waals surface area contributed by atoms with E-state index in [1.807, 2.05) is 40.0 Å². The van der Waals surface area contributed by atoms with Gasteiger partial charge in [-0.2, -0.15) is 5.10 Å². The Labute approximate surface area is 157 Å². The SMILES string of the molecule is COc1ccc2nc(CCNC(=O)N3CCC[C@H]3Cn3cccn3)[nH]c2c1. The molecule has 0 unspecified atom stereocenters. The molecule has 2 aromatic heterocycles. The van der Waals surface area contributed by atoms with E-state index < -0.39 is 0 Å². The van der Waals surface area contributed by atoms with Crippen LogP contribution in [-0.2, 0) is 13.0 Å². The van der Waals surface area contributed by atoms with Crippen LogP contribution in [0.2, 0.25) is 0 Å². The molecule has 0 spiro atoms. The van der Waals surface area contributed by atoms with Gasteiger partial charge in [0.1, 0.15) is 11.6 Å². The first kappa shape index (κ1) is 17.4. The number of aromatic nitrogens is 4. The molecule has 2 N–H and O–H groups in total. The first-order chi connectivity index (χ1) is 13.2. The van der Waals surface area contributed by atoms with Gasteiger partial charge in [-0.15, -0.1) is 0 Å². The molecular weight excluding hydrogens is 344 g/mol. The van der Waals surface area contributed by atoms with Crippen molar-refractivity contribution in [3.05, 3.63) is 42.5 Å². The van der Waals surface area contributed by atoms with E-state index in [0.717, 1.165) is 48.5 Å². The minimum atomic E-state index is -0.0116. The summed E-state index contributed by atoms with van der Waals surface area (Å²) >= 11 is 0. The van der Waals surface area contributed by atoms with Gasteiger partial charge < -0.3 is 19.9 Å². The Bertz CT molecular complexity index is 904. The zero-order valence-corrected chi connectivity index (χ0v) is 15.4. The van der Waals surface area contributed by atoms with E-state index in [2.05, 4.69) is 20.4 Å². The van der Waals surface area contributed by atoms with Gasteiger partial charge in [0.15, 0.2) is 0 Å². The normalized spacial score (nSPS) is 16.8. The molecule has 4 rings (SSSR count). The van der Waals surface area contributed by atoms with Crippen molar-refractivity contribution in [2.24, 2.45) is 0 Å². The van der Waals surface area contributed by atoms with Crippen LogP contribution in [0, 0.1) is 0 Å². The number of benzene rings is 1. The van der Waals surface area contributed by atoms with E-state index in [9.17, 15) is 4.79 Å². The van der Waals surface area contributed by atoms with Crippen LogP contribution in [0.4, 0.5) is 4.79 Å². The number of hydrogen-bond acceptors (Lipinski definition) is 4. The maximum atomic E-state index is 12.6. The lowest BCUT2D eigenvalue weighted by molar-refractivity contribution is 0.186. The largest absolute Gasteiger partial charge is 0.497 e. The molecule has 0 radical (unpaired) electrons. The predicted molar refractivity (Wildman–Crippen MR) is 102 cm³/mol. The van der Waals surface area contributed by atoms with Gasteiger partial charge in [-0.3, -0.25) is 4.68 Å². The molecule has 0 saturated carbocycles. The number of imidazole rings is 1. The highest BCUT2D eigenvalue weighted by Crippen LogP contribution is 2.20. The van der Waals surface area contributed by atoms with Crippen molar-refractivity contribution in [2.75, 3.05) is 20.2 Å². The number of methoxy groups -OCH3 is 1. The van der Waals surface area contributed by atoms with Crippen molar-refractivity contribution in [3.63, 3.8) is 0 Å². The summed E-state index contributed by atoms with van der Waals surface area (Å²) in [6.07, 6.45) is 6.40. The summed E-state index contributed by atoms with van der Waals surface area (Å²) in [5.41, 5.74) is 1.84. The summed E-state index contributed by atoms with van der Waals surface area (Å²) in [5, 5.41) is 7.27. The van der Waals surface area contributed by atoms with Gasteiger partial charge in [-0.05, 0) is 31.0 Å². The standard InChI is InChI=1S/C19H24N6O2/c1-27-15-5-6-16-17(12-15)23-18(22-16)7-9-20-19(26)25-11-2-4-14(25)13-24-10-3-8-21-24/h3,5-6,8,10,12,14H,2,4,7,9,11,13H2,1H3,(H,20,26)(H,22,23)/t14-/m0/s1. The highest BCUT2D eigenvalue weighted by atomic mass is 16.5. The van der Waals surface area contributed by atoms with Gasteiger partial charge in [0.25, 0.3) is 0 Å². The maximum Gasteiger partial charge on any atom is 0.317 e. The molecule has 1 fully saturated rings. The number of carbonyl (C=O) groups excluding carboxylic acids is 1. The highest BCUT2D eigenvalue weighted by Gasteiger charge is 2.28. The summed E-state index contributed by atoms with van der Waals surface area (Å²) in [5.74, 6) is 1.65. The number of H-pyrrole nitrogens is 1. The molecule has 1 atom stereocenters. The second-order valence-corrected chi connectivity index (χ2v) is 6.77. The van der Waals surface area contributed by atoms with Crippen LogP contribution < -0.4 is 10.1 Å². The van der Waals surface area contributed by atoms with Crippen LogP contribution in [0.5, 0.6) is 5.75 Å². The fraction of sp³-hybridized carbons (Fsp3) is 0.421. The minimum Gasteiger partial charge on any atom is -0.497 e. The molecule has 0 aliphatic carbocycles. The lowest BCUT2D eigenvalue weighted by Gasteiger charge is -2.25. The molecule has 3 aromatic rings. The smallest absolute Gasteiger partial charge is 0.317 e. The van der Waals surface area contributed by atoms with E-state index in [4.69, 9.17) is 4.74 Å². The third kappa shape index (κ3) is 3.89. The number of rotatable bonds is 6. The van der Waals surface area contributed by atoms with E-state index in [0.29, 0.717) is 13.0 Å². The molecule has 1 saturated heterocycles. The fourth-order valence-electron chi connectivity index (χ4n) is 3.59. The Hall–Kier alpha value is -3.03.